The van der Waals surface area contributed by atoms with Crippen molar-refractivity contribution in [2.75, 3.05) is 14.1 Å². The summed E-state index contributed by atoms with van der Waals surface area (Å²) in [6, 6.07) is 13.0. The van der Waals surface area contributed by atoms with Gasteiger partial charge in [0.2, 0.25) is 0 Å². The fraction of sp³-hybridized carbons (Fsp3) is 0.267. The number of imidazole rings is 1. The third-order valence-corrected chi connectivity index (χ3v) is 6.95. The Morgan fingerprint density at radius 2 is 1.76 bits per heavy atom. The quantitative estimate of drug-likeness (QED) is 0.230. The smallest absolute Gasteiger partial charge is 0.328 e. The lowest BCUT2D eigenvalue weighted by Gasteiger charge is -2.20. The Morgan fingerprint density at radius 3 is 2.47 bits per heavy atom. The summed E-state index contributed by atoms with van der Waals surface area (Å²) in [4.78, 5) is 37.8. The van der Waals surface area contributed by atoms with Crippen molar-refractivity contribution in [1.29, 1.82) is 0 Å². The van der Waals surface area contributed by atoms with E-state index in [1.807, 2.05) is 35.8 Å². The third kappa shape index (κ3) is 4.47. The van der Waals surface area contributed by atoms with Gasteiger partial charge in [0.15, 0.2) is 5.78 Å². The molecule has 0 bridgehead atoms. The van der Waals surface area contributed by atoms with Crippen LogP contribution in [0.3, 0.4) is 0 Å². The molecule has 38 heavy (non-hydrogen) atoms. The number of aromatic nitrogens is 4. The fourth-order valence-corrected chi connectivity index (χ4v) is 5.04. The summed E-state index contributed by atoms with van der Waals surface area (Å²) >= 11 is 0. The molecule has 5 aromatic rings. The number of aryl methyl sites for hydroxylation is 1. The molecule has 3 heterocycles. The molecule has 0 radical (unpaired) electrons. The summed E-state index contributed by atoms with van der Waals surface area (Å²) in [5.41, 5.74) is 4.36. The van der Waals surface area contributed by atoms with Crippen LogP contribution in [-0.4, -0.2) is 49.9 Å². The van der Waals surface area contributed by atoms with E-state index in [4.69, 9.17) is 0 Å². The van der Waals surface area contributed by atoms with Crippen LogP contribution in [0, 0.1) is 12.7 Å². The Kier molecular flexibility index (Phi) is 6.80. The summed E-state index contributed by atoms with van der Waals surface area (Å²) in [7, 11) is 3.36. The molecule has 0 spiro atoms. The first-order valence-electron chi connectivity index (χ1n) is 12.8. The van der Waals surface area contributed by atoms with Crippen LogP contribution in [0.4, 0.5) is 9.18 Å². The van der Waals surface area contributed by atoms with E-state index in [9.17, 15) is 14.0 Å². The minimum Gasteiger partial charge on any atom is -0.330 e. The Bertz CT molecular complexity index is 1650. The SMILES string of the molecule is CCCCC(C(=O)c1cn(C(=O)N(C)C)c2cc(-c3ccc(F)cc3)ccc12)n1c(C)nc2cnccc21. The first-order valence-corrected chi connectivity index (χ1v) is 12.8. The largest absolute Gasteiger partial charge is 0.330 e. The minimum atomic E-state index is -0.479. The number of carbonyl (C=O) groups excluding carboxylic acids is 2. The molecule has 0 fully saturated rings. The second kappa shape index (κ2) is 10.2. The van der Waals surface area contributed by atoms with Gasteiger partial charge >= 0.3 is 6.03 Å². The Morgan fingerprint density at radius 1 is 1.03 bits per heavy atom. The highest BCUT2D eigenvalue weighted by molar-refractivity contribution is 6.12. The monoisotopic (exact) mass is 511 g/mol. The maximum absolute atomic E-state index is 14.3. The lowest BCUT2D eigenvalue weighted by Crippen LogP contribution is -2.26. The van der Waals surface area contributed by atoms with Crippen molar-refractivity contribution in [3.05, 3.63) is 84.3 Å². The zero-order valence-electron chi connectivity index (χ0n) is 22.0. The van der Waals surface area contributed by atoms with Gasteiger partial charge in [-0.3, -0.25) is 14.3 Å². The highest BCUT2D eigenvalue weighted by atomic mass is 19.1. The van der Waals surface area contributed by atoms with Crippen molar-refractivity contribution < 1.29 is 14.0 Å². The van der Waals surface area contributed by atoms with Gasteiger partial charge in [0, 0.05) is 37.4 Å². The van der Waals surface area contributed by atoms with E-state index in [-0.39, 0.29) is 17.6 Å². The summed E-state index contributed by atoms with van der Waals surface area (Å²) in [5.74, 6) is 0.363. The van der Waals surface area contributed by atoms with E-state index in [2.05, 4.69) is 16.9 Å². The number of nitrogens with zero attached hydrogens (tertiary/aromatic N) is 5. The molecule has 0 aliphatic carbocycles. The van der Waals surface area contributed by atoms with Gasteiger partial charge in [-0.25, -0.2) is 14.2 Å². The minimum absolute atomic E-state index is 0.0671. The molecule has 1 unspecified atom stereocenters. The predicted octanol–water partition coefficient (Wildman–Crippen LogP) is 6.64. The van der Waals surface area contributed by atoms with Crippen LogP contribution >= 0.6 is 0 Å². The molecular weight excluding hydrogens is 481 g/mol. The molecular formula is C30H30FN5O2. The third-order valence-electron chi connectivity index (χ3n) is 6.95. The second-order valence-electron chi connectivity index (χ2n) is 9.74. The molecule has 5 rings (SSSR count). The van der Waals surface area contributed by atoms with Gasteiger partial charge in [-0.1, -0.05) is 44.0 Å². The predicted molar refractivity (Wildman–Crippen MR) is 147 cm³/mol. The average molecular weight is 512 g/mol. The second-order valence-corrected chi connectivity index (χ2v) is 9.74. The van der Waals surface area contributed by atoms with E-state index in [0.717, 1.165) is 40.8 Å². The first kappa shape index (κ1) is 25.3. The molecule has 7 nitrogen and oxygen atoms in total. The zero-order chi connectivity index (χ0) is 27.0. The summed E-state index contributed by atoms with van der Waals surface area (Å²) in [6.07, 6.45) is 7.52. The lowest BCUT2D eigenvalue weighted by molar-refractivity contribution is 0.0920. The highest BCUT2D eigenvalue weighted by Gasteiger charge is 2.29. The van der Waals surface area contributed by atoms with Crippen molar-refractivity contribution in [1.82, 2.24) is 24.0 Å². The summed E-state index contributed by atoms with van der Waals surface area (Å²) in [5, 5.41) is 0.696. The van der Waals surface area contributed by atoms with Gasteiger partial charge in [-0.05, 0) is 48.7 Å². The van der Waals surface area contributed by atoms with Crippen LogP contribution in [0.15, 0.2) is 67.1 Å². The molecule has 2 aromatic carbocycles. The number of ketones is 1. The molecule has 3 aromatic heterocycles. The summed E-state index contributed by atoms with van der Waals surface area (Å²) in [6.45, 7) is 4.00. The number of rotatable bonds is 7. The van der Waals surface area contributed by atoms with Gasteiger partial charge in [-0.15, -0.1) is 0 Å². The van der Waals surface area contributed by atoms with Crippen LogP contribution in [0.5, 0.6) is 0 Å². The van der Waals surface area contributed by atoms with Crippen LogP contribution in [0.2, 0.25) is 0 Å². The number of benzene rings is 2. The lowest BCUT2D eigenvalue weighted by atomic mass is 9.97. The molecule has 1 atom stereocenters. The molecule has 194 valence electrons. The number of pyridine rings is 1. The number of hydrogen-bond acceptors (Lipinski definition) is 4. The molecule has 0 aliphatic heterocycles. The van der Waals surface area contributed by atoms with Gasteiger partial charge in [0.05, 0.1) is 23.3 Å². The molecule has 8 heteroatoms. The number of hydrogen-bond donors (Lipinski definition) is 0. The van der Waals surface area contributed by atoms with E-state index in [1.54, 1.807) is 44.8 Å². The number of carbonyl (C=O) groups is 2. The van der Waals surface area contributed by atoms with Crippen LogP contribution in [-0.2, 0) is 0 Å². The zero-order valence-corrected chi connectivity index (χ0v) is 22.0. The Labute approximate surface area is 220 Å². The van der Waals surface area contributed by atoms with Crippen molar-refractivity contribution in [2.45, 2.75) is 39.2 Å². The average Bonchev–Trinajstić information content (AvgIpc) is 3.46. The maximum atomic E-state index is 14.3. The summed E-state index contributed by atoms with van der Waals surface area (Å²) < 4.78 is 17.0. The van der Waals surface area contributed by atoms with Crippen molar-refractivity contribution in [2.24, 2.45) is 0 Å². The number of fused-ring (bicyclic) bond motifs is 2. The van der Waals surface area contributed by atoms with Crippen molar-refractivity contribution in [3.8, 4) is 11.1 Å². The molecule has 0 saturated carbocycles. The first-order chi connectivity index (χ1) is 18.3. The van der Waals surface area contributed by atoms with E-state index in [1.165, 1.54) is 21.6 Å². The van der Waals surface area contributed by atoms with Gasteiger partial charge in [-0.2, -0.15) is 0 Å². The normalized spacial score (nSPS) is 12.2. The highest BCUT2D eigenvalue weighted by Crippen LogP contribution is 2.33. The van der Waals surface area contributed by atoms with Gasteiger partial charge < -0.3 is 9.47 Å². The standard InChI is InChI=1S/C30H30FN5O2/c1-5-6-7-27(36-19(2)33-25-17-32-15-14-26(25)36)29(37)24-18-35(30(38)34(3)4)28-16-21(10-13-23(24)28)20-8-11-22(31)12-9-20/h8-18,27H,5-7H2,1-4H3. The van der Waals surface area contributed by atoms with Crippen molar-refractivity contribution in [3.63, 3.8) is 0 Å². The number of unbranched alkanes of at least 4 members (excludes halogenated alkanes) is 1. The topological polar surface area (TPSA) is 73.0 Å². The molecule has 0 aliphatic rings. The number of halogens is 1. The van der Waals surface area contributed by atoms with E-state index < -0.39 is 6.04 Å². The molecule has 1 amide bonds. The van der Waals surface area contributed by atoms with Crippen molar-refractivity contribution >= 4 is 33.8 Å². The Hall–Kier alpha value is -4.33. The van der Waals surface area contributed by atoms with Crippen LogP contribution in [0.1, 0.15) is 48.4 Å². The van der Waals surface area contributed by atoms with E-state index >= 15 is 0 Å². The van der Waals surface area contributed by atoms with Gasteiger partial charge in [0.25, 0.3) is 0 Å². The Balaban J connectivity index is 1.68. The van der Waals surface area contributed by atoms with E-state index in [0.29, 0.717) is 22.9 Å². The van der Waals surface area contributed by atoms with Crippen LogP contribution < -0.4 is 0 Å². The maximum Gasteiger partial charge on any atom is 0.328 e. The molecule has 0 N–H and O–H groups in total. The molecule has 0 saturated heterocycles. The van der Waals surface area contributed by atoms with Crippen LogP contribution in [0.25, 0.3) is 33.1 Å². The number of Topliss-reactive ketones (excluding diaryl/α,β-unsaturated/α-hetero) is 1. The fourth-order valence-electron chi connectivity index (χ4n) is 5.04. The number of amides is 1. The van der Waals surface area contributed by atoms with Gasteiger partial charge in [0.1, 0.15) is 17.2 Å².